The molecule has 0 aliphatic rings. The van der Waals surface area contributed by atoms with Crippen LogP contribution in [0.3, 0.4) is 0 Å². The summed E-state index contributed by atoms with van der Waals surface area (Å²) in [6, 6.07) is 22.1. The third-order valence-corrected chi connectivity index (χ3v) is 4.45. The van der Waals surface area contributed by atoms with E-state index in [0.29, 0.717) is 11.7 Å². The molecule has 0 fully saturated rings. The minimum atomic E-state index is 0.469. The van der Waals surface area contributed by atoms with E-state index in [-0.39, 0.29) is 0 Å². The highest BCUT2D eigenvalue weighted by Crippen LogP contribution is 2.30. The molecule has 5 nitrogen and oxygen atoms in total. The summed E-state index contributed by atoms with van der Waals surface area (Å²) in [6.07, 6.45) is 1.78. The van der Waals surface area contributed by atoms with Crippen molar-refractivity contribution in [1.82, 2.24) is 15.1 Å². The Morgan fingerprint density at radius 2 is 1.63 bits per heavy atom. The average molecular weight is 356 g/mol. The molecule has 4 rings (SSSR count). The number of aromatic nitrogens is 3. The van der Waals surface area contributed by atoms with Crippen molar-refractivity contribution >= 4 is 5.82 Å². The number of hydrogen-bond acceptors (Lipinski definition) is 5. The van der Waals surface area contributed by atoms with E-state index in [0.717, 1.165) is 29.1 Å². The molecule has 0 spiro atoms. The zero-order valence-corrected chi connectivity index (χ0v) is 15.3. The smallest absolute Gasteiger partial charge is 0.261 e. The minimum absolute atomic E-state index is 0.469. The van der Waals surface area contributed by atoms with Crippen LogP contribution in [0.25, 0.3) is 22.8 Å². The van der Waals surface area contributed by atoms with Crippen molar-refractivity contribution in [2.45, 2.75) is 13.5 Å². The largest absolute Gasteiger partial charge is 0.355 e. The van der Waals surface area contributed by atoms with Crippen molar-refractivity contribution in [2.75, 3.05) is 11.9 Å². The third-order valence-electron chi connectivity index (χ3n) is 4.45. The van der Waals surface area contributed by atoms with E-state index < -0.39 is 0 Å². The maximum Gasteiger partial charge on any atom is 0.261 e. The Bertz CT molecular complexity index is 1040. The van der Waals surface area contributed by atoms with Crippen LogP contribution < -0.4 is 4.90 Å². The molecule has 0 bridgehead atoms. The lowest BCUT2D eigenvalue weighted by Crippen LogP contribution is -2.18. The highest BCUT2D eigenvalue weighted by molar-refractivity contribution is 5.71. The number of anilines is 1. The first-order chi connectivity index (χ1) is 13.2. The summed E-state index contributed by atoms with van der Waals surface area (Å²) < 4.78 is 5.57. The van der Waals surface area contributed by atoms with Crippen LogP contribution in [0.15, 0.2) is 77.4 Å². The molecule has 2 heterocycles. The lowest BCUT2D eigenvalue weighted by Gasteiger charge is -2.20. The number of aryl methyl sites for hydroxylation is 1. The van der Waals surface area contributed by atoms with Crippen LogP contribution in [0.5, 0.6) is 0 Å². The maximum absolute atomic E-state index is 5.57. The van der Waals surface area contributed by atoms with Gasteiger partial charge in [0, 0.05) is 25.4 Å². The molecule has 0 saturated carbocycles. The SMILES string of the molecule is Cc1ccccc1-c1noc(-c2cccnc2N(C)Cc2ccccc2)n1. The van der Waals surface area contributed by atoms with Gasteiger partial charge in [0.1, 0.15) is 5.82 Å². The summed E-state index contributed by atoms with van der Waals surface area (Å²) in [4.78, 5) is 11.3. The molecule has 0 amide bonds. The number of rotatable bonds is 5. The Morgan fingerprint density at radius 3 is 2.44 bits per heavy atom. The minimum Gasteiger partial charge on any atom is -0.355 e. The Balaban J connectivity index is 1.67. The summed E-state index contributed by atoms with van der Waals surface area (Å²) in [6.45, 7) is 2.78. The molecule has 0 saturated heterocycles. The number of nitrogens with zero attached hydrogens (tertiary/aromatic N) is 4. The van der Waals surface area contributed by atoms with Gasteiger partial charge in [0.05, 0.1) is 5.56 Å². The van der Waals surface area contributed by atoms with Crippen LogP contribution in [0.4, 0.5) is 5.82 Å². The van der Waals surface area contributed by atoms with Gasteiger partial charge in [0.25, 0.3) is 5.89 Å². The lowest BCUT2D eigenvalue weighted by atomic mass is 10.1. The summed E-state index contributed by atoms with van der Waals surface area (Å²) in [5.74, 6) is 1.86. The summed E-state index contributed by atoms with van der Waals surface area (Å²) in [7, 11) is 2.01. The van der Waals surface area contributed by atoms with Crippen LogP contribution in [0, 0.1) is 6.92 Å². The summed E-state index contributed by atoms with van der Waals surface area (Å²) >= 11 is 0. The molecule has 5 heteroatoms. The van der Waals surface area contributed by atoms with Crippen LogP contribution in [0.1, 0.15) is 11.1 Å². The zero-order chi connectivity index (χ0) is 18.6. The highest BCUT2D eigenvalue weighted by Gasteiger charge is 2.18. The van der Waals surface area contributed by atoms with Gasteiger partial charge < -0.3 is 9.42 Å². The summed E-state index contributed by atoms with van der Waals surface area (Å²) in [5.41, 5.74) is 4.11. The Morgan fingerprint density at radius 1 is 0.889 bits per heavy atom. The van der Waals surface area contributed by atoms with Gasteiger partial charge in [-0.1, -0.05) is 59.8 Å². The fourth-order valence-corrected chi connectivity index (χ4v) is 3.07. The fraction of sp³-hybridized carbons (Fsp3) is 0.136. The van der Waals surface area contributed by atoms with Crippen molar-refractivity contribution in [1.29, 1.82) is 0 Å². The van der Waals surface area contributed by atoms with Gasteiger partial charge in [0.15, 0.2) is 0 Å². The molecular weight excluding hydrogens is 336 g/mol. The van der Waals surface area contributed by atoms with Crippen molar-refractivity contribution in [3.05, 3.63) is 84.1 Å². The van der Waals surface area contributed by atoms with E-state index in [9.17, 15) is 0 Å². The topological polar surface area (TPSA) is 55.1 Å². The third kappa shape index (κ3) is 3.58. The average Bonchev–Trinajstić information content (AvgIpc) is 3.19. The number of benzene rings is 2. The molecule has 2 aromatic heterocycles. The molecule has 0 N–H and O–H groups in total. The lowest BCUT2D eigenvalue weighted by molar-refractivity contribution is 0.432. The number of hydrogen-bond donors (Lipinski definition) is 0. The van der Waals surface area contributed by atoms with E-state index >= 15 is 0 Å². The van der Waals surface area contributed by atoms with Gasteiger partial charge >= 0.3 is 0 Å². The van der Waals surface area contributed by atoms with Crippen molar-refractivity contribution in [2.24, 2.45) is 0 Å². The molecule has 27 heavy (non-hydrogen) atoms. The first-order valence-corrected chi connectivity index (χ1v) is 8.82. The number of pyridine rings is 1. The molecule has 0 aliphatic carbocycles. The Kier molecular flexibility index (Phi) is 4.66. The van der Waals surface area contributed by atoms with E-state index in [1.54, 1.807) is 6.20 Å². The van der Waals surface area contributed by atoms with Crippen molar-refractivity contribution in [3.63, 3.8) is 0 Å². The summed E-state index contributed by atoms with van der Waals surface area (Å²) in [5, 5.41) is 4.18. The molecule has 0 unspecified atom stereocenters. The predicted molar refractivity (Wildman–Crippen MR) is 106 cm³/mol. The van der Waals surface area contributed by atoms with Crippen molar-refractivity contribution < 1.29 is 4.52 Å². The van der Waals surface area contributed by atoms with Gasteiger partial charge in [-0.05, 0) is 30.2 Å². The van der Waals surface area contributed by atoms with Crippen LogP contribution in [0.2, 0.25) is 0 Å². The van der Waals surface area contributed by atoms with E-state index in [1.165, 1.54) is 5.56 Å². The van der Waals surface area contributed by atoms with Crippen LogP contribution in [-0.2, 0) is 6.54 Å². The first-order valence-electron chi connectivity index (χ1n) is 8.82. The monoisotopic (exact) mass is 356 g/mol. The second-order valence-corrected chi connectivity index (χ2v) is 6.45. The molecular formula is C22H20N4O. The second kappa shape index (κ2) is 7.41. The van der Waals surface area contributed by atoms with Gasteiger partial charge in [-0.25, -0.2) is 4.98 Å². The molecule has 2 aromatic carbocycles. The zero-order valence-electron chi connectivity index (χ0n) is 15.3. The Hall–Kier alpha value is -3.47. The highest BCUT2D eigenvalue weighted by atomic mass is 16.5. The van der Waals surface area contributed by atoms with Gasteiger partial charge in [-0.3, -0.25) is 0 Å². The van der Waals surface area contributed by atoms with Gasteiger partial charge in [0.2, 0.25) is 5.82 Å². The maximum atomic E-state index is 5.57. The first kappa shape index (κ1) is 17.0. The van der Waals surface area contributed by atoms with E-state index in [2.05, 4.69) is 32.2 Å². The van der Waals surface area contributed by atoms with Gasteiger partial charge in [-0.15, -0.1) is 0 Å². The standard InChI is InChI=1S/C22H20N4O/c1-16-9-6-7-12-18(16)20-24-22(27-25-20)19-13-8-14-23-21(19)26(2)15-17-10-4-3-5-11-17/h3-14H,15H2,1-2H3. The van der Waals surface area contributed by atoms with Crippen LogP contribution in [-0.4, -0.2) is 22.2 Å². The normalized spacial score (nSPS) is 10.7. The second-order valence-electron chi connectivity index (χ2n) is 6.45. The molecule has 4 aromatic rings. The molecule has 0 radical (unpaired) electrons. The quantitative estimate of drug-likeness (QED) is 0.517. The van der Waals surface area contributed by atoms with Crippen molar-refractivity contribution in [3.8, 4) is 22.8 Å². The Labute approximate surface area is 158 Å². The van der Waals surface area contributed by atoms with E-state index in [1.807, 2.05) is 68.6 Å². The predicted octanol–water partition coefficient (Wildman–Crippen LogP) is 4.74. The fourth-order valence-electron chi connectivity index (χ4n) is 3.07. The molecule has 0 atom stereocenters. The molecule has 0 aliphatic heterocycles. The van der Waals surface area contributed by atoms with Gasteiger partial charge in [-0.2, -0.15) is 4.98 Å². The van der Waals surface area contributed by atoms with E-state index in [4.69, 9.17) is 4.52 Å². The van der Waals surface area contributed by atoms with Crippen LogP contribution >= 0.6 is 0 Å². The molecule has 134 valence electrons.